The number of aromatic nitrogens is 10. The largest absolute Gasteiger partial charge is 0.489 e. The topological polar surface area (TPSA) is 372 Å². The lowest BCUT2D eigenvalue weighted by Crippen LogP contribution is -2.28. The molecule has 11 N–H and O–H groups in total. The van der Waals surface area contributed by atoms with E-state index in [-0.39, 0.29) is 99.2 Å². The summed E-state index contributed by atoms with van der Waals surface area (Å²) in [6.07, 6.45) is 4.90. The summed E-state index contributed by atoms with van der Waals surface area (Å²) < 4.78 is 74.4. The van der Waals surface area contributed by atoms with E-state index >= 15 is 0 Å². The van der Waals surface area contributed by atoms with Crippen molar-refractivity contribution in [2.75, 3.05) is 67.5 Å². The Kier molecular flexibility index (Phi) is 24.8. The number of carboxylic acid groups (broad SMARTS) is 2. The van der Waals surface area contributed by atoms with Gasteiger partial charge in [-0.05, 0) is 109 Å². The third-order valence-electron chi connectivity index (χ3n) is 16.5. The van der Waals surface area contributed by atoms with Gasteiger partial charge in [0, 0.05) is 37.7 Å². The highest BCUT2D eigenvalue weighted by Crippen LogP contribution is 2.34. The van der Waals surface area contributed by atoms with Crippen LogP contribution >= 0.6 is 0 Å². The summed E-state index contributed by atoms with van der Waals surface area (Å²) in [6.45, 7) is 2.75. The lowest BCUT2D eigenvalue weighted by atomic mass is 10.0. The smallest absolute Gasteiger partial charge is 0.413 e. The number of nitrogens with zero attached hydrogens (tertiary/aromatic N) is 12. The maximum Gasteiger partial charge on any atom is 0.413 e. The van der Waals surface area contributed by atoms with Crippen LogP contribution in [0.1, 0.15) is 68.6 Å². The van der Waals surface area contributed by atoms with Crippen molar-refractivity contribution in [2.45, 2.75) is 64.8 Å². The normalized spacial score (nSPS) is 11.0. The molecule has 0 spiro atoms. The monoisotopic (exact) mass is 1430 g/mol. The number of ether oxygens (including phenoxy) is 3. The average Bonchev–Trinajstić information content (AvgIpc) is 1.65. The number of rotatable bonds is 25. The first kappa shape index (κ1) is 74.6. The highest BCUT2D eigenvalue weighted by molar-refractivity contribution is 5.97. The van der Waals surface area contributed by atoms with Gasteiger partial charge in [0.25, 0.3) is 0 Å². The Morgan fingerprint density at radius 2 is 1.03 bits per heavy atom. The van der Waals surface area contributed by atoms with Crippen LogP contribution in [0.25, 0.3) is 45.1 Å². The average molecular weight is 1430 g/mol. The Bertz CT molecular complexity index is 5010. The number of hydrogen-bond donors (Lipinski definition) is 7. The number of benzene rings is 6. The maximum atomic E-state index is 14.2. The molecule has 0 unspecified atom stereocenters. The molecule has 6 aromatic heterocycles. The predicted molar refractivity (Wildman–Crippen MR) is 387 cm³/mol. The Morgan fingerprint density at radius 3 is 1.54 bits per heavy atom. The van der Waals surface area contributed by atoms with Crippen LogP contribution in [0.3, 0.4) is 0 Å². The summed E-state index contributed by atoms with van der Waals surface area (Å²) in [7, 11) is 3.78. The van der Waals surface area contributed by atoms with Crippen LogP contribution in [0.15, 0.2) is 176 Å². The summed E-state index contributed by atoms with van der Waals surface area (Å²) >= 11 is 0. The maximum absolute atomic E-state index is 14.2. The molecule has 2 amide bonds. The second-order valence-electron chi connectivity index (χ2n) is 23.8. The second kappa shape index (κ2) is 35.0. The molecular weight excluding hydrogens is 1360 g/mol. The Labute approximate surface area is 598 Å². The number of carboxylic acids is 2. The molecule has 30 heteroatoms. The van der Waals surface area contributed by atoms with E-state index in [0.29, 0.717) is 36.3 Å². The van der Waals surface area contributed by atoms with E-state index in [2.05, 4.69) is 114 Å². The first-order valence-corrected chi connectivity index (χ1v) is 32.8. The number of nitrogen functional groups attached to an aromatic ring is 4. The van der Waals surface area contributed by atoms with Crippen molar-refractivity contribution < 1.29 is 61.2 Å². The standard InChI is InChI=1S/C36H39NO5.C20H18F2N8O2.C19H16F2N8O2/c38-35(39)12-6-7-24-37(26-30-19-21-33(22-20-30)36(40)41)25-23-32-10-4-5-11-34(32)42-27-31-17-15-29(16-18-31)14-13-28-8-2-1-3-9-28;1-29(20(31)32-2)15-16(23)26-18(27-17(15)24)14-12-7-11(21)8-25-19(12)30(28-14)9-10-5-3-4-6-13(10)22;1-31-19(30)25-14-15(22)26-17(27-16(14)23)13-11-6-10(20)7-24-18(11)29(28-13)8-9-4-2-3-5-12(9)21/h1-5,8-11,15-22H,6-7,12-14,23-27H2,(H,38,39)(H,40,41);3-8H,9H2,1-2H3,(H4,23,24,26,27);2-7H,8H2,1H3,(H,25,30)(H4,22,23,26,27). The minimum atomic E-state index is -0.942. The number of unbranched alkanes of at least 4 members (excludes halogenated alkanes) is 1. The number of nitrogens with one attached hydrogen (secondary N) is 1. The molecule has 6 heterocycles. The SMILES string of the molecule is COC(=O)N(C)c1c(N)nc(-c2nn(Cc3ccccc3F)c3ncc(F)cc23)nc1N.COC(=O)Nc1c(N)nc(-c2nn(Cc3ccccc3F)c3ncc(F)cc23)nc1N.O=C(O)CCCCN(CCc1ccccc1OCc1ccc(CCc2ccccc2)cc1)Cc1ccc(C(=O)O)cc1. The summed E-state index contributed by atoms with van der Waals surface area (Å²) in [5, 5.41) is 29.9. The van der Waals surface area contributed by atoms with E-state index in [1.165, 1.54) is 66.0 Å². The van der Waals surface area contributed by atoms with Crippen molar-refractivity contribution in [1.29, 1.82) is 0 Å². The number of para-hydroxylation sites is 1. The molecule has 0 aliphatic rings. The zero-order chi connectivity index (χ0) is 74.7. The van der Waals surface area contributed by atoms with Crippen LogP contribution in [-0.2, 0) is 59.8 Å². The number of aliphatic carboxylic acids is 1. The number of hydrogen-bond acceptors (Lipinski definition) is 20. The molecule has 0 fully saturated rings. The molecular formula is C75H73F4N17O9. The van der Waals surface area contributed by atoms with E-state index in [4.69, 9.17) is 32.8 Å². The van der Waals surface area contributed by atoms with Crippen molar-refractivity contribution in [2.24, 2.45) is 0 Å². The number of carbonyl (C=O) groups is 4. The zero-order valence-corrected chi connectivity index (χ0v) is 57.2. The number of carbonyl (C=O) groups excluding carboxylic acids is 2. The second-order valence-corrected chi connectivity index (χ2v) is 23.8. The number of nitrogens with two attached hydrogens (primary N) is 4. The van der Waals surface area contributed by atoms with Crippen molar-refractivity contribution in [3.63, 3.8) is 0 Å². The molecule has 105 heavy (non-hydrogen) atoms. The fourth-order valence-electron chi connectivity index (χ4n) is 11.2. The van der Waals surface area contributed by atoms with Crippen LogP contribution in [0.4, 0.5) is 61.8 Å². The van der Waals surface area contributed by atoms with Gasteiger partial charge in [-0.2, -0.15) is 10.2 Å². The lowest BCUT2D eigenvalue weighted by molar-refractivity contribution is -0.137. The number of amides is 2. The van der Waals surface area contributed by atoms with Crippen LogP contribution in [0.5, 0.6) is 5.75 Å². The number of fused-ring (bicyclic) bond motifs is 2. The van der Waals surface area contributed by atoms with E-state index in [9.17, 15) is 41.8 Å². The number of methoxy groups -OCH3 is 2. The van der Waals surface area contributed by atoms with Crippen molar-refractivity contribution in [1.82, 2.24) is 54.4 Å². The molecule has 0 radical (unpaired) electrons. The van der Waals surface area contributed by atoms with Gasteiger partial charge in [-0.3, -0.25) is 19.9 Å². The number of halogens is 4. The Hall–Kier alpha value is -13.1. The molecule has 0 saturated carbocycles. The molecule has 0 bridgehead atoms. The predicted octanol–water partition coefficient (Wildman–Crippen LogP) is 12.2. The van der Waals surface area contributed by atoms with Crippen LogP contribution in [0, 0.1) is 23.3 Å². The fourth-order valence-corrected chi connectivity index (χ4v) is 11.2. The number of pyridine rings is 2. The highest BCUT2D eigenvalue weighted by atomic mass is 19.1. The zero-order valence-electron chi connectivity index (χ0n) is 57.2. The number of aromatic carboxylic acids is 1. The third kappa shape index (κ3) is 19.5. The summed E-state index contributed by atoms with van der Waals surface area (Å²) in [4.78, 5) is 73.6. The van der Waals surface area contributed by atoms with Gasteiger partial charge >= 0.3 is 24.1 Å². The Morgan fingerprint density at radius 1 is 0.543 bits per heavy atom. The molecule has 0 aliphatic heterocycles. The quantitative estimate of drug-likeness (QED) is 0.0206. The van der Waals surface area contributed by atoms with Gasteiger partial charge in [0.2, 0.25) is 0 Å². The highest BCUT2D eigenvalue weighted by Gasteiger charge is 2.26. The molecule has 540 valence electrons. The summed E-state index contributed by atoms with van der Waals surface area (Å²) in [5.41, 5.74) is 31.7. The summed E-state index contributed by atoms with van der Waals surface area (Å²) in [5.74, 6) is -3.44. The molecule has 0 aliphatic carbocycles. The molecule has 0 atom stereocenters. The summed E-state index contributed by atoms with van der Waals surface area (Å²) in [6, 6.07) is 49.0. The lowest BCUT2D eigenvalue weighted by Gasteiger charge is -2.23. The van der Waals surface area contributed by atoms with Gasteiger partial charge in [0.05, 0.1) is 56.0 Å². The molecule has 12 rings (SSSR count). The number of anilines is 6. The van der Waals surface area contributed by atoms with Gasteiger partial charge in [0.1, 0.15) is 58.4 Å². The van der Waals surface area contributed by atoms with E-state index in [1.54, 1.807) is 48.5 Å². The van der Waals surface area contributed by atoms with Crippen molar-refractivity contribution in [3.05, 3.63) is 244 Å². The minimum Gasteiger partial charge on any atom is -0.489 e. The molecule has 26 nitrogen and oxygen atoms in total. The van der Waals surface area contributed by atoms with Crippen molar-refractivity contribution >= 4 is 80.8 Å². The van der Waals surface area contributed by atoms with Gasteiger partial charge in [-0.25, -0.2) is 71.2 Å². The van der Waals surface area contributed by atoms with E-state index in [0.717, 1.165) is 78.5 Å². The first-order valence-electron chi connectivity index (χ1n) is 32.8. The Balaban J connectivity index is 0.000000171. The minimum absolute atomic E-state index is 0.00769. The van der Waals surface area contributed by atoms with Crippen LogP contribution in [-0.4, -0.2) is 123 Å². The molecule has 12 aromatic rings. The van der Waals surface area contributed by atoms with Crippen molar-refractivity contribution in [3.8, 4) is 28.8 Å². The van der Waals surface area contributed by atoms with Crippen LogP contribution < -0.4 is 37.9 Å². The van der Waals surface area contributed by atoms with E-state index in [1.807, 2.05) is 36.4 Å². The van der Waals surface area contributed by atoms with Gasteiger partial charge in [-0.1, -0.05) is 121 Å². The van der Waals surface area contributed by atoms with Gasteiger partial charge in [0.15, 0.2) is 46.2 Å². The van der Waals surface area contributed by atoms with Crippen LogP contribution in [0.2, 0.25) is 0 Å². The fraction of sp³-hybridized carbons (Fsp3) is 0.200. The number of aryl methyl sites for hydroxylation is 2. The van der Waals surface area contributed by atoms with Gasteiger partial charge in [-0.15, -0.1) is 0 Å². The molecule has 6 aromatic carbocycles. The third-order valence-corrected chi connectivity index (χ3v) is 16.5. The first-order chi connectivity index (χ1) is 50.6. The van der Waals surface area contributed by atoms with E-state index < -0.39 is 47.4 Å². The van der Waals surface area contributed by atoms with Gasteiger partial charge < -0.3 is 47.4 Å². The molecule has 0 saturated heterocycles.